The quantitative estimate of drug-likeness (QED) is 0.670. The number of hydrogen-bond donors (Lipinski definition) is 0. The average molecular weight is 436 g/mol. The first-order chi connectivity index (χ1) is 12.2. The molecule has 0 aliphatic heterocycles. The molecule has 0 fully saturated rings. The third kappa shape index (κ3) is 3.40. The third-order valence-electron chi connectivity index (χ3n) is 3.82. The number of ether oxygens (including phenoxy) is 4. The molecule has 0 unspecified atom stereocenters. The highest BCUT2D eigenvalue weighted by atomic mass is 79.9. The van der Waals surface area contributed by atoms with E-state index in [2.05, 4.69) is 20.9 Å². The molecular formula is C17H17BrF3NO4. The van der Waals surface area contributed by atoms with Gasteiger partial charge < -0.3 is 18.9 Å². The molecule has 142 valence electrons. The van der Waals surface area contributed by atoms with Gasteiger partial charge in [0.2, 0.25) is 11.6 Å². The first kappa shape index (κ1) is 20.2. The summed E-state index contributed by atoms with van der Waals surface area (Å²) in [5.41, 5.74) is -0.487. The Bertz CT molecular complexity index is 825. The molecular weight excluding hydrogens is 419 g/mol. The van der Waals surface area contributed by atoms with E-state index in [0.29, 0.717) is 5.56 Å². The van der Waals surface area contributed by atoms with Crippen molar-refractivity contribution in [3.8, 4) is 34.3 Å². The van der Waals surface area contributed by atoms with Gasteiger partial charge in [0.1, 0.15) is 0 Å². The molecule has 0 atom stereocenters. The van der Waals surface area contributed by atoms with Gasteiger partial charge >= 0.3 is 6.18 Å². The van der Waals surface area contributed by atoms with E-state index < -0.39 is 11.7 Å². The Kier molecular flexibility index (Phi) is 5.90. The summed E-state index contributed by atoms with van der Waals surface area (Å²) in [5, 5.41) is 0. The molecule has 9 heteroatoms. The van der Waals surface area contributed by atoms with Crippen molar-refractivity contribution in [2.75, 3.05) is 28.4 Å². The molecule has 0 saturated carbocycles. The smallest absolute Gasteiger partial charge is 0.418 e. The van der Waals surface area contributed by atoms with E-state index in [0.717, 1.165) is 6.20 Å². The zero-order chi connectivity index (χ0) is 19.6. The van der Waals surface area contributed by atoms with Crippen molar-refractivity contribution in [2.45, 2.75) is 13.1 Å². The Labute approximate surface area is 157 Å². The van der Waals surface area contributed by atoms with Gasteiger partial charge in [-0.3, -0.25) is 0 Å². The van der Waals surface area contributed by atoms with Crippen LogP contribution < -0.4 is 18.9 Å². The van der Waals surface area contributed by atoms with Crippen LogP contribution in [0.5, 0.6) is 23.1 Å². The van der Waals surface area contributed by atoms with E-state index in [1.807, 2.05) is 0 Å². The van der Waals surface area contributed by atoms with Crippen molar-refractivity contribution in [1.82, 2.24) is 4.98 Å². The Morgan fingerprint density at radius 2 is 1.58 bits per heavy atom. The molecule has 1 aromatic carbocycles. The normalized spacial score (nSPS) is 11.3. The van der Waals surface area contributed by atoms with Gasteiger partial charge in [-0.2, -0.15) is 13.2 Å². The van der Waals surface area contributed by atoms with Crippen LogP contribution in [0.3, 0.4) is 0 Å². The molecule has 0 radical (unpaired) electrons. The molecule has 0 amide bonds. The first-order valence-corrected chi connectivity index (χ1v) is 8.10. The number of pyridine rings is 1. The lowest BCUT2D eigenvalue weighted by molar-refractivity contribution is -0.137. The predicted octanol–water partition coefficient (Wildman–Crippen LogP) is 4.87. The van der Waals surface area contributed by atoms with Crippen LogP contribution in [0.4, 0.5) is 13.2 Å². The second-order valence-corrected chi connectivity index (χ2v) is 6.04. The van der Waals surface area contributed by atoms with Gasteiger partial charge in [-0.05, 0) is 34.5 Å². The van der Waals surface area contributed by atoms with E-state index >= 15 is 0 Å². The largest absolute Gasteiger partial charge is 0.493 e. The van der Waals surface area contributed by atoms with Crippen LogP contribution in [0.1, 0.15) is 11.1 Å². The maximum Gasteiger partial charge on any atom is 0.418 e. The van der Waals surface area contributed by atoms with E-state index in [1.165, 1.54) is 34.5 Å². The van der Waals surface area contributed by atoms with E-state index in [4.69, 9.17) is 18.9 Å². The second-order valence-electron chi connectivity index (χ2n) is 5.18. The van der Waals surface area contributed by atoms with Crippen molar-refractivity contribution in [2.24, 2.45) is 0 Å². The van der Waals surface area contributed by atoms with Gasteiger partial charge in [-0.25, -0.2) is 4.98 Å². The Hall–Kier alpha value is -2.16. The number of halogens is 4. The number of hydrogen-bond acceptors (Lipinski definition) is 5. The maximum atomic E-state index is 13.8. The van der Waals surface area contributed by atoms with Crippen LogP contribution in [0, 0.1) is 6.92 Å². The topological polar surface area (TPSA) is 49.8 Å². The zero-order valence-electron chi connectivity index (χ0n) is 14.7. The maximum absolute atomic E-state index is 13.8. The molecule has 0 aliphatic carbocycles. The van der Waals surface area contributed by atoms with Crippen LogP contribution in [0.2, 0.25) is 0 Å². The van der Waals surface area contributed by atoms with Crippen molar-refractivity contribution in [3.05, 3.63) is 27.9 Å². The fourth-order valence-electron chi connectivity index (χ4n) is 2.71. The number of rotatable bonds is 5. The Balaban J connectivity index is 2.99. The second kappa shape index (κ2) is 7.61. The summed E-state index contributed by atoms with van der Waals surface area (Å²) < 4.78 is 62.0. The molecule has 1 aromatic heterocycles. The standard InChI is InChI=1S/C17H17BrF3NO4/c1-8-9(6-11(23-2)15(25-4)14(8)24-3)12-13(17(19,20)21)10(18)7-22-16(12)26-5/h6-7H,1-5H3. The van der Waals surface area contributed by atoms with Crippen LogP contribution in [0.25, 0.3) is 11.1 Å². The molecule has 1 heterocycles. The monoisotopic (exact) mass is 435 g/mol. The zero-order valence-corrected chi connectivity index (χ0v) is 16.3. The number of alkyl halides is 3. The van der Waals surface area contributed by atoms with Crippen molar-refractivity contribution in [1.29, 1.82) is 0 Å². The summed E-state index contributed by atoms with van der Waals surface area (Å²) in [6.07, 6.45) is -3.59. The molecule has 2 aromatic rings. The van der Waals surface area contributed by atoms with E-state index in [-0.39, 0.29) is 38.7 Å². The van der Waals surface area contributed by atoms with E-state index in [1.54, 1.807) is 6.92 Å². The molecule has 0 bridgehead atoms. The molecule has 0 N–H and O–H groups in total. The van der Waals surface area contributed by atoms with Gasteiger partial charge in [-0.1, -0.05) is 0 Å². The lowest BCUT2D eigenvalue weighted by Gasteiger charge is -2.21. The van der Waals surface area contributed by atoms with Crippen molar-refractivity contribution in [3.63, 3.8) is 0 Å². The van der Waals surface area contributed by atoms with E-state index in [9.17, 15) is 13.2 Å². The van der Waals surface area contributed by atoms with Gasteiger partial charge in [0, 0.05) is 16.2 Å². The molecule has 5 nitrogen and oxygen atoms in total. The third-order valence-corrected chi connectivity index (χ3v) is 4.42. The van der Waals surface area contributed by atoms with Crippen LogP contribution in [0.15, 0.2) is 16.7 Å². The summed E-state index contributed by atoms with van der Waals surface area (Å²) in [7, 11) is 5.46. The number of methoxy groups -OCH3 is 4. The molecule has 2 rings (SSSR count). The molecule has 26 heavy (non-hydrogen) atoms. The number of benzene rings is 1. The lowest BCUT2D eigenvalue weighted by Crippen LogP contribution is -2.11. The van der Waals surface area contributed by atoms with Crippen molar-refractivity contribution >= 4 is 15.9 Å². The average Bonchev–Trinajstić information content (AvgIpc) is 2.59. The van der Waals surface area contributed by atoms with Crippen LogP contribution in [-0.2, 0) is 6.18 Å². The highest BCUT2D eigenvalue weighted by Gasteiger charge is 2.39. The summed E-state index contributed by atoms with van der Waals surface area (Å²) in [4.78, 5) is 3.96. The SMILES string of the molecule is COc1cc(-c2c(OC)ncc(Br)c2C(F)(F)F)c(C)c(OC)c1OC. The molecule has 0 aliphatic rings. The Morgan fingerprint density at radius 1 is 0.962 bits per heavy atom. The fourth-order valence-corrected chi connectivity index (χ4v) is 3.24. The van der Waals surface area contributed by atoms with Gasteiger partial charge in [-0.15, -0.1) is 0 Å². The highest BCUT2D eigenvalue weighted by molar-refractivity contribution is 9.10. The van der Waals surface area contributed by atoms with Gasteiger partial charge in [0.05, 0.1) is 39.6 Å². The van der Waals surface area contributed by atoms with Crippen LogP contribution in [-0.4, -0.2) is 33.4 Å². The van der Waals surface area contributed by atoms with Crippen molar-refractivity contribution < 1.29 is 32.1 Å². The fraction of sp³-hybridized carbons (Fsp3) is 0.353. The highest BCUT2D eigenvalue weighted by Crippen LogP contribution is 2.50. The summed E-state index contributed by atoms with van der Waals surface area (Å²) in [6, 6.07) is 1.44. The molecule has 0 spiro atoms. The predicted molar refractivity (Wildman–Crippen MR) is 93.3 cm³/mol. The summed E-state index contributed by atoms with van der Waals surface area (Å²) >= 11 is 2.94. The van der Waals surface area contributed by atoms with Gasteiger partial charge in [0.15, 0.2) is 11.5 Å². The first-order valence-electron chi connectivity index (χ1n) is 7.30. The Morgan fingerprint density at radius 3 is 2.04 bits per heavy atom. The summed E-state index contributed by atoms with van der Waals surface area (Å²) in [5.74, 6) is 0.599. The van der Waals surface area contributed by atoms with Crippen LogP contribution >= 0.6 is 15.9 Å². The van der Waals surface area contributed by atoms with Gasteiger partial charge in [0.25, 0.3) is 0 Å². The minimum Gasteiger partial charge on any atom is -0.493 e. The number of nitrogens with zero attached hydrogens (tertiary/aromatic N) is 1. The number of aromatic nitrogens is 1. The lowest BCUT2D eigenvalue weighted by atomic mass is 9.95. The minimum atomic E-state index is -4.64. The summed E-state index contributed by atoms with van der Waals surface area (Å²) in [6.45, 7) is 1.62. The minimum absolute atomic E-state index is 0.169. The molecule has 0 saturated heterocycles.